The highest BCUT2D eigenvalue weighted by atomic mass is 31.3. The molecule has 8 N–H and O–H groups in total. The molecule has 3 rings (SSSR count). The van der Waals surface area contributed by atoms with E-state index in [0.717, 1.165) is 4.57 Å². The minimum Gasteiger partial charge on any atom is -0.394 e. The lowest BCUT2D eigenvalue weighted by atomic mass is 10.00. The maximum absolute atomic E-state index is 12.2. The lowest BCUT2D eigenvalue weighted by Crippen LogP contribution is -2.58. The number of ether oxygens (including phenoxy) is 2. The summed E-state index contributed by atoms with van der Waals surface area (Å²) in [6.07, 6.45) is -12.2. The van der Waals surface area contributed by atoms with E-state index in [1.54, 1.807) is 0 Å². The Morgan fingerprint density at radius 1 is 1.06 bits per heavy atom. The van der Waals surface area contributed by atoms with Crippen LogP contribution in [0.5, 0.6) is 0 Å². The molecule has 0 radical (unpaired) electrons. The molecule has 0 bridgehead atoms. The first kappa shape index (κ1) is 29.2. The lowest BCUT2D eigenvalue weighted by Gasteiger charge is -2.39. The molecule has 20 heteroatoms. The van der Waals surface area contributed by atoms with Crippen molar-refractivity contribution in [3.63, 3.8) is 0 Å². The van der Waals surface area contributed by atoms with Crippen LogP contribution in [-0.2, 0) is 32.0 Å². The molecule has 0 saturated carbocycles. The number of aliphatic hydroxyl groups excluding tert-OH is 5. The molecular weight excluding hydrogens is 538 g/mol. The largest absolute Gasteiger partial charge is 0.483 e. The number of rotatable bonds is 9. The summed E-state index contributed by atoms with van der Waals surface area (Å²) in [6.45, 7) is -0.305. The number of aromatic amines is 1. The molecule has 0 spiro atoms. The first-order chi connectivity index (χ1) is 16.6. The quantitative estimate of drug-likeness (QED) is 0.135. The molecule has 18 nitrogen and oxygen atoms in total. The summed E-state index contributed by atoms with van der Waals surface area (Å²) >= 11 is 0. The van der Waals surface area contributed by atoms with Gasteiger partial charge in [-0.3, -0.25) is 23.4 Å². The topological polar surface area (TPSA) is 277 Å². The fourth-order valence-corrected chi connectivity index (χ4v) is 5.62. The minimum atomic E-state index is -5.54. The van der Waals surface area contributed by atoms with Crippen molar-refractivity contribution in [2.75, 3.05) is 13.2 Å². The van der Waals surface area contributed by atoms with Crippen LogP contribution in [0.1, 0.15) is 18.2 Å². The standard InChI is InChI=1S/C16H26N2O16P2/c1-6-3-18(16(25)17-14(6)24)10-2-7(20)9(31-10)5-30-35(26,27)34-36(28,29)33-15-13(23)12(22)11(21)8(4-19)32-15/h3,7-13,15,19-23H,2,4-5H2,1H3,(H,26,27)(H,28,29)(H,17,24,25)/t7-,8?,9+,10?,11?,12?,13?,15?/m0/s1. The SMILES string of the molecule is Cc1cn(C2C[C@H](O)[C@@H](COP(=O)(O)OP(=O)(O)OC3OC(CO)C(O)C(O)C3O)O2)c(=O)[nH]c1=O. The van der Waals surface area contributed by atoms with Gasteiger partial charge < -0.3 is 44.8 Å². The number of aliphatic hydroxyl groups is 5. The third kappa shape index (κ3) is 6.75. The summed E-state index contributed by atoms with van der Waals surface area (Å²) in [6, 6.07) is 0. The Morgan fingerprint density at radius 3 is 2.36 bits per heavy atom. The van der Waals surface area contributed by atoms with Crippen LogP contribution >= 0.6 is 15.6 Å². The van der Waals surface area contributed by atoms with Gasteiger partial charge in [0.1, 0.15) is 36.7 Å². The number of H-pyrrole nitrogens is 1. The normalized spacial score (nSPS) is 36.3. The van der Waals surface area contributed by atoms with Crippen molar-refractivity contribution in [2.45, 2.75) is 62.5 Å². The van der Waals surface area contributed by atoms with Crippen LogP contribution in [0.3, 0.4) is 0 Å². The highest BCUT2D eigenvalue weighted by Gasteiger charge is 2.48. The second kappa shape index (κ2) is 11.2. The van der Waals surface area contributed by atoms with E-state index in [9.17, 15) is 48.9 Å². The van der Waals surface area contributed by atoms with E-state index >= 15 is 0 Å². The molecule has 206 valence electrons. The molecule has 10 atom stereocenters. The molecule has 1 aromatic heterocycles. The van der Waals surface area contributed by atoms with Gasteiger partial charge in [-0.25, -0.2) is 13.9 Å². The summed E-state index contributed by atoms with van der Waals surface area (Å²) in [5.74, 6) is 0. The zero-order valence-electron chi connectivity index (χ0n) is 18.5. The van der Waals surface area contributed by atoms with Crippen LogP contribution in [0.2, 0.25) is 0 Å². The fraction of sp³-hybridized carbons (Fsp3) is 0.750. The van der Waals surface area contributed by atoms with E-state index in [2.05, 4.69) is 18.3 Å². The third-order valence-corrected chi connectivity index (χ3v) is 7.95. The Balaban J connectivity index is 1.59. The number of aromatic nitrogens is 2. The molecule has 8 unspecified atom stereocenters. The molecule has 2 saturated heterocycles. The van der Waals surface area contributed by atoms with Crippen molar-refractivity contribution in [1.82, 2.24) is 9.55 Å². The summed E-state index contributed by atoms with van der Waals surface area (Å²) in [4.78, 5) is 45.2. The summed E-state index contributed by atoms with van der Waals surface area (Å²) in [7, 11) is -10.9. The van der Waals surface area contributed by atoms with Crippen molar-refractivity contribution in [1.29, 1.82) is 0 Å². The van der Waals surface area contributed by atoms with Gasteiger partial charge in [0.15, 0.2) is 6.29 Å². The highest BCUT2D eigenvalue weighted by molar-refractivity contribution is 7.61. The van der Waals surface area contributed by atoms with E-state index in [0.29, 0.717) is 0 Å². The predicted octanol–water partition coefficient (Wildman–Crippen LogP) is -3.46. The molecule has 0 aliphatic carbocycles. The Labute approximate surface area is 201 Å². The van der Waals surface area contributed by atoms with Crippen molar-refractivity contribution in [3.05, 3.63) is 32.6 Å². The molecule has 2 aliphatic rings. The van der Waals surface area contributed by atoms with E-state index < -0.39 is 89.2 Å². The number of hydrogen-bond acceptors (Lipinski definition) is 14. The third-order valence-electron chi connectivity index (χ3n) is 5.35. The first-order valence-electron chi connectivity index (χ1n) is 10.3. The van der Waals surface area contributed by atoms with Crippen LogP contribution in [0, 0.1) is 6.92 Å². The smallest absolute Gasteiger partial charge is 0.394 e. The molecule has 3 heterocycles. The molecule has 0 amide bonds. The number of phosphoric ester groups is 2. The zero-order valence-corrected chi connectivity index (χ0v) is 20.3. The molecule has 1 aromatic rings. The van der Waals surface area contributed by atoms with Crippen LogP contribution in [-0.4, -0.2) is 101 Å². The Bertz CT molecular complexity index is 1140. The van der Waals surface area contributed by atoms with Crippen LogP contribution < -0.4 is 11.2 Å². The fourth-order valence-electron chi connectivity index (χ4n) is 3.46. The van der Waals surface area contributed by atoms with Gasteiger partial charge in [-0.2, -0.15) is 4.31 Å². The minimum absolute atomic E-state index is 0.172. The van der Waals surface area contributed by atoms with Gasteiger partial charge in [-0.15, -0.1) is 0 Å². The summed E-state index contributed by atoms with van der Waals surface area (Å²) in [5.41, 5.74) is -1.27. The molecule has 36 heavy (non-hydrogen) atoms. The van der Waals surface area contributed by atoms with Crippen molar-refractivity contribution in [3.8, 4) is 0 Å². The number of hydrogen-bond donors (Lipinski definition) is 8. The summed E-state index contributed by atoms with van der Waals surface area (Å²) < 4.78 is 48.8. The average molecular weight is 564 g/mol. The molecular formula is C16H26N2O16P2. The maximum atomic E-state index is 12.2. The van der Waals surface area contributed by atoms with Crippen molar-refractivity contribution < 1.29 is 67.3 Å². The van der Waals surface area contributed by atoms with Gasteiger partial charge in [-0.1, -0.05) is 0 Å². The second-order valence-corrected chi connectivity index (χ2v) is 11.0. The van der Waals surface area contributed by atoms with E-state index in [1.807, 2.05) is 0 Å². The summed E-state index contributed by atoms with van der Waals surface area (Å²) in [5, 5.41) is 48.5. The van der Waals surface area contributed by atoms with Crippen LogP contribution in [0.4, 0.5) is 0 Å². The van der Waals surface area contributed by atoms with E-state index in [1.165, 1.54) is 13.1 Å². The van der Waals surface area contributed by atoms with E-state index in [-0.39, 0.29) is 12.0 Å². The van der Waals surface area contributed by atoms with Gasteiger partial charge in [0.05, 0.1) is 19.3 Å². The van der Waals surface area contributed by atoms with Crippen molar-refractivity contribution >= 4 is 15.6 Å². The van der Waals surface area contributed by atoms with Gasteiger partial charge in [0.2, 0.25) is 0 Å². The van der Waals surface area contributed by atoms with Crippen molar-refractivity contribution in [2.24, 2.45) is 0 Å². The van der Waals surface area contributed by atoms with Crippen LogP contribution in [0.15, 0.2) is 15.8 Å². The Morgan fingerprint density at radius 2 is 1.72 bits per heavy atom. The highest BCUT2D eigenvalue weighted by Crippen LogP contribution is 2.61. The number of nitrogens with one attached hydrogen (secondary N) is 1. The Kier molecular flexibility index (Phi) is 9.08. The molecule has 0 aromatic carbocycles. The molecule has 2 aliphatic heterocycles. The molecule has 2 fully saturated rings. The Hall–Kier alpha value is -1.34. The first-order valence-corrected chi connectivity index (χ1v) is 13.3. The number of nitrogens with zero attached hydrogens (tertiary/aromatic N) is 1. The lowest BCUT2D eigenvalue weighted by molar-refractivity contribution is -0.280. The number of phosphoric acid groups is 2. The second-order valence-electron chi connectivity index (χ2n) is 8.03. The van der Waals surface area contributed by atoms with Gasteiger partial charge in [0, 0.05) is 18.2 Å². The average Bonchev–Trinajstić information content (AvgIpc) is 3.14. The maximum Gasteiger partial charge on any atom is 0.483 e. The van der Waals surface area contributed by atoms with Gasteiger partial charge in [-0.05, 0) is 6.92 Å². The number of aryl methyl sites for hydroxylation is 1. The monoisotopic (exact) mass is 564 g/mol. The zero-order chi connectivity index (χ0) is 27.0. The van der Waals surface area contributed by atoms with E-state index in [4.69, 9.17) is 14.6 Å². The van der Waals surface area contributed by atoms with Gasteiger partial charge in [0.25, 0.3) is 5.56 Å². The predicted molar refractivity (Wildman–Crippen MR) is 112 cm³/mol. The van der Waals surface area contributed by atoms with Crippen LogP contribution in [0.25, 0.3) is 0 Å². The van der Waals surface area contributed by atoms with Gasteiger partial charge >= 0.3 is 21.3 Å².